The number of carbonyl (C=O) groups is 2. The van der Waals surface area contributed by atoms with Gasteiger partial charge in [0.1, 0.15) is 5.75 Å². The Labute approximate surface area is 181 Å². The molecule has 1 saturated heterocycles. The van der Waals surface area contributed by atoms with E-state index in [1.54, 1.807) is 6.20 Å². The Kier molecular flexibility index (Phi) is 4.87. The maximum absolute atomic E-state index is 12.8. The first-order valence-corrected chi connectivity index (χ1v) is 11.1. The molecule has 3 heterocycles. The summed E-state index contributed by atoms with van der Waals surface area (Å²) in [5.74, 6) is 0.556. The lowest BCUT2D eigenvalue weighted by atomic mass is 9.92. The van der Waals surface area contributed by atoms with Crippen LogP contribution in [0, 0.1) is 5.92 Å². The van der Waals surface area contributed by atoms with Crippen LogP contribution in [0.25, 0.3) is 11.1 Å². The molecule has 2 aromatic rings. The van der Waals surface area contributed by atoms with Crippen LogP contribution in [0.1, 0.15) is 50.6 Å². The Bertz CT molecular complexity index is 1020. The van der Waals surface area contributed by atoms with Crippen LogP contribution in [0.15, 0.2) is 24.5 Å². The second-order valence-electron chi connectivity index (χ2n) is 9.04. The lowest BCUT2D eigenvalue weighted by Crippen LogP contribution is -2.43. The van der Waals surface area contributed by atoms with E-state index >= 15 is 0 Å². The lowest BCUT2D eigenvalue weighted by Gasteiger charge is -2.36. The predicted molar refractivity (Wildman–Crippen MR) is 115 cm³/mol. The van der Waals surface area contributed by atoms with Gasteiger partial charge in [-0.25, -0.2) is 4.79 Å². The molecule has 1 atom stereocenters. The molecule has 5 rings (SSSR count). The van der Waals surface area contributed by atoms with Gasteiger partial charge in [-0.2, -0.15) is 5.10 Å². The molecule has 0 bridgehead atoms. The maximum Gasteiger partial charge on any atom is 0.407 e. The SMILES string of the molecule is CC1CCc2c(ccc(-c3cnn(C4CCN(C(=O)O)CC4)c3)c2O)N1C(=O)C1CC1. The zero-order chi connectivity index (χ0) is 21.7. The number of nitrogens with zero attached hydrogens (tertiary/aromatic N) is 4. The van der Waals surface area contributed by atoms with Crippen molar-refractivity contribution in [3.8, 4) is 16.9 Å². The van der Waals surface area contributed by atoms with Crippen molar-refractivity contribution in [1.82, 2.24) is 14.7 Å². The molecule has 8 nitrogen and oxygen atoms in total. The van der Waals surface area contributed by atoms with Gasteiger partial charge in [-0.15, -0.1) is 0 Å². The number of likely N-dealkylation sites (tertiary alicyclic amines) is 1. The molecule has 1 aromatic heterocycles. The van der Waals surface area contributed by atoms with Crippen LogP contribution < -0.4 is 4.90 Å². The van der Waals surface area contributed by atoms with Gasteiger partial charge in [-0.05, 0) is 57.6 Å². The summed E-state index contributed by atoms with van der Waals surface area (Å²) in [6.07, 6.45) is 7.76. The molecular weight excluding hydrogens is 396 g/mol. The third-order valence-corrected chi connectivity index (χ3v) is 6.96. The normalized spacial score (nSPS) is 21.8. The number of phenolic OH excluding ortho intramolecular Hbond substituents is 1. The van der Waals surface area contributed by atoms with Crippen LogP contribution in [0.4, 0.5) is 10.5 Å². The molecule has 31 heavy (non-hydrogen) atoms. The van der Waals surface area contributed by atoms with Gasteiger partial charge in [0.25, 0.3) is 0 Å². The highest BCUT2D eigenvalue weighted by molar-refractivity contribution is 5.99. The maximum atomic E-state index is 12.8. The molecule has 8 heteroatoms. The first-order valence-electron chi connectivity index (χ1n) is 11.1. The Morgan fingerprint density at radius 3 is 2.52 bits per heavy atom. The van der Waals surface area contributed by atoms with E-state index in [2.05, 4.69) is 12.0 Å². The van der Waals surface area contributed by atoms with E-state index in [9.17, 15) is 14.7 Å². The number of phenols is 1. The van der Waals surface area contributed by atoms with Crippen LogP contribution in [0.5, 0.6) is 5.75 Å². The van der Waals surface area contributed by atoms with E-state index in [1.165, 1.54) is 4.90 Å². The molecule has 1 aliphatic carbocycles. The van der Waals surface area contributed by atoms with Gasteiger partial charge in [-0.1, -0.05) is 0 Å². The lowest BCUT2D eigenvalue weighted by molar-refractivity contribution is -0.120. The van der Waals surface area contributed by atoms with Gasteiger partial charge in [0.15, 0.2) is 0 Å². The molecule has 3 aliphatic rings. The molecule has 1 aromatic carbocycles. The zero-order valence-electron chi connectivity index (χ0n) is 17.7. The number of piperidine rings is 1. The number of aromatic hydroxyl groups is 1. The van der Waals surface area contributed by atoms with Gasteiger partial charge in [0, 0.05) is 47.9 Å². The summed E-state index contributed by atoms with van der Waals surface area (Å²) < 4.78 is 1.89. The van der Waals surface area contributed by atoms with Crippen LogP contribution in [-0.2, 0) is 11.2 Å². The van der Waals surface area contributed by atoms with E-state index < -0.39 is 6.09 Å². The van der Waals surface area contributed by atoms with Crippen molar-refractivity contribution in [3.63, 3.8) is 0 Å². The monoisotopic (exact) mass is 424 g/mol. The van der Waals surface area contributed by atoms with E-state index in [0.717, 1.165) is 60.9 Å². The Balaban J connectivity index is 1.40. The number of fused-ring (bicyclic) bond motifs is 1. The topological polar surface area (TPSA) is 98.9 Å². The zero-order valence-corrected chi connectivity index (χ0v) is 17.7. The minimum absolute atomic E-state index is 0.140. The second kappa shape index (κ2) is 7.59. The van der Waals surface area contributed by atoms with E-state index in [0.29, 0.717) is 13.1 Å². The number of benzene rings is 1. The summed E-state index contributed by atoms with van der Waals surface area (Å²) >= 11 is 0. The van der Waals surface area contributed by atoms with Crippen molar-refractivity contribution in [2.75, 3.05) is 18.0 Å². The molecule has 2 amide bonds. The van der Waals surface area contributed by atoms with Gasteiger partial charge in [0.05, 0.1) is 17.9 Å². The third kappa shape index (κ3) is 3.54. The summed E-state index contributed by atoms with van der Waals surface area (Å²) in [5.41, 5.74) is 3.23. The first kappa shape index (κ1) is 19.9. The van der Waals surface area contributed by atoms with E-state index in [-0.39, 0.29) is 29.7 Å². The highest BCUT2D eigenvalue weighted by Gasteiger charge is 2.39. The van der Waals surface area contributed by atoms with Crippen molar-refractivity contribution in [3.05, 3.63) is 30.1 Å². The van der Waals surface area contributed by atoms with Gasteiger partial charge in [-0.3, -0.25) is 9.48 Å². The molecule has 1 unspecified atom stereocenters. The number of hydrogen-bond donors (Lipinski definition) is 2. The van der Waals surface area contributed by atoms with Crippen molar-refractivity contribution < 1.29 is 19.8 Å². The Hall–Kier alpha value is -3.03. The van der Waals surface area contributed by atoms with Crippen molar-refractivity contribution in [2.24, 2.45) is 5.92 Å². The van der Waals surface area contributed by atoms with Gasteiger partial charge >= 0.3 is 6.09 Å². The number of aromatic nitrogens is 2. The molecule has 2 aliphatic heterocycles. The summed E-state index contributed by atoms with van der Waals surface area (Å²) in [4.78, 5) is 27.3. The van der Waals surface area contributed by atoms with E-state index in [1.807, 2.05) is 27.9 Å². The summed E-state index contributed by atoms with van der Waals surface area (Å²) in [6.45, 7) is 3.08. The van der Waals surface area contributed by atoms with Crippen LogP contribution in [0.3, 0.4) is 0 Å². The fourth-order valence-electron chi connectivity index (χ4n) is 4.91. The molecule has 1 saturated carbocycles. The van der Waals surface area contributed by atoms with Gasteiger partial charge in [0.2, 0.25) is 5.91 Å². The van der Waals surface area contributed by atoms with E-state index in [4.69, 9.17) is 5.11 Å². The van der Waals surface area contributed by atoms with Crippen LogP contribution >= 0.6 is 0 Å². The molecule has 0 spiro atoms. The quantitative estimate of drug-likeness (QED) is 0.784. The Morgan fingerprint density at radius 2 is 1.84 bits per heavy atom. The number of carbonyl (C=O) groups excluding carboxylic acids is 1. The van der Waals surface area contributed by atoms with Gasteiger partial charge < -0.3 is 20.0 Å². The molecular formula is C23H28N4O4. The van der Waals surface area contributed by atoms with Crippen molar-refractivity contribution >= 4 is 17.7 Å². The smallest absolute Gasteiger partial charge is 0.407 e. The number of amides is 2. The fourth-order valence-corrected chi connectivity index (χ4v) is 4.91. The first-order chi connectivity index (χ1) is 14.9. The predicted octanol–water partition coefficient (Wildman–Crippen LogP) is 3.65. The number of rotatable bonds is 3. The summed E-state index contributed by atoms with van der Waals surface area (Å²) in [6, 6.07) is 4.14. The molecule has 0 radical (unpaired) electrons. The molecule has 2 N–H and O–H groups in total. The number of hydrogen-bond acceptors (Lipinski definition) is 4. The third-order valence-electron chi connectivity index (χ3n) is 6.96. The average Bonchev–Trinajstić information content (AvgIpc) is 3.51. The van der Waals surface area contributed by atoms with Crippen LogP contribution in [-0.4, -0.2) is 56.0 Å². The fraction of sp³-hybridized carbons (Fsp3) is 0.522. The minimum atomic E-state index is -0.873. The van der Waals surface area contributed by atoms with Crippen molar-refractivity contribution in [2.45, 2.75) is 57.5 Å². The highest BCUT2D eigenvalue weighted by Crippen LogP contribution is 2.44. The van der Waals surface area contributed by atoms with Crippen LogP contribution in [0.2, 0.25) is 0 Å². The Morgan fingerprint density at radius 1 is 1.10 bits per heavy atom. The highest BCUT2D eigenvalue weighted by atomic mass is 16.4. The van der Waals surface area contributed by atoms with Crippen molar-refractivity contribution in [1.29, 1.82) is 0 Å². The molecule has 2 fully saturated rings. The largest absolute Gasteiger partial charge is 0.507 e. The minimum Gasteiger partial charge on any atom is -0.507 e. The standard InChI is InChI=1S/C23H28N4O4/c1-14-2-5-19-20(27(14)22(29)15-3-4-15)7-6-18(21(19)28)16-12-24-26(13-16)17-8-10-25(11-9-17)23(30)31/h6-7,12-15,17,28H,2-5,8-11H2,1H3,(H,30,31). The molecule has 164 valence electrons. The summed E-state index contributed by atoms with van der Waals surface area (Å²) in [7, 11) is 0. The number of carboxylic acid groups (broad SMARTS) is 1. The number of anilines is 1. The average molecular weight is 425 g/mol. The second-order valence-corrected chi connectivity index (χ2v) is 9.04. The summed E-state index contributed by atoms with van der Waals surface area (Å²) in [5, 5.41) is 24.7.